The lowest BCUT2D eigenvalue weighted by Gasteiger charge is -2.34. The second-order valence-corrected chi connectivity index (χ2v) is 5.03. The Kier molecular flexibility index (Phi) is 3.93. The second-order valence-electron chi connectivity index (χ2n) is 5.03. The van der Waals surface area contributed by atoms with Crippen LogP contribution in [0.4, 0.5) is 0 Å². The van der Waals surface area contributed by atoms with Crippen molar-refractivity contribution in [2.75, 3.05) is 0 Å². The van der Waals surface area contributed by atoms with Crippen molar-refractivity contribution < 1.29 is 4.52 Å². The van der Waals surface area contributed by atoms with Gasteiger partial charge in [-0.05, 0) is 24.7 Å². The maximum Gasteiger partial charge on any atom is 0.213 e. The van der Waals surface area contributed by atoms with E-state index in [9.17, 15) is 0 Å². The van der Waals surface area contributed by atoms with Crippen molar-refractivity contribution in [3.8, 4) is 0 Å². The van der Waals surface area contributed by atoms with E-state index in [-0.39, 0.29) is 0 Å². The summed E-state index contributed by atoms with van der Waals surface area (Å²) in [7, 11) is 0. The molecular formula is C12H21N3O. The van der Waals surface area contributed by atoms with E-state index < -0.39 is 0 Å². The molecule has 1 aromatic rings. The summed E-state index contributed by atoms with van der Waals surface area (Å²) in [6, 6.07) is 0.618. The molecular weight excluding hydrogens is 202 g/mol. The summed E-state index contributed by atoms with van der Waals surface area (Å²) in [5, 5.41) is 7.39. The molecule has 1 saturated carbocycles. The van der Waals surface area contributed by atoms with E-state index in [0.717, 1.165) is 24.2 Å². The van der Waals surface area contributed by atoms with Crippen LogP contribution in [0.2, 0.25) is 0 Å². The highest BCUT2D eigenvalue weighted by molar-refractivity contribution is 4.85. The van der Waals surface area contributed by atoms with Gasteiger partial charge in [0.2, 0.25) is 6.39 Å². The second kappa shape index (κ2) is 5.43. The molecule has 0 radical (unpaired) electrons. The van der Waals surface area contributed by atoms with Gasteiger partial charge >= 0.3 is 0 Å². The van der Waals surface area contributed by atoms with Gasteiger partial charge in [-0.15, -0.1) is 0 Å². The van der Waals surface area contributed by atoms with Gasteiger partial charge in [-0.2, -0.15) is 4.98 Å². The Balaban J connectivity index is 1.86. The maximum atomic E-state index is 4.73. The van der Waals surface area contributed by atoms with E-state index in [1.165, 1.54) is 32.1 Å². The smallest absolute Gasteiger partial charge is 0.213 e. The SMILES string of the molecule is CC(C)C1CCCCC1NCc1ncon1. The first-order chi connectivity index (χ1) is 7.77. The van der Waals surface area contributed by atoms with Gasteiger partial charge in [0, 0.05) is 6.04 Å². The molecule has 0 aromatic carbocycles. The molecule has 1 aliphatic carbocycles. The van der Waals surface area contributed by atoms with Crippen LogP contribution in [0.15, 0.2) is 10.9 Å². The van der Waals surface area contributed by atoms with Crippen molar-refractivity contribution >= 4 is 0 Å². The van der Waals surface area contributed by atoms with E-state index >= 15 is 0 Å². The van der Waals surface area contributed by atoms with Gasteiger partial charge in [0.1, 0.15) is 0 Å². The fraction of sp³-hybridized carbons (Fsp3) is 0.833. The van der Waals surface area contributed by atoms with Gasteiger partial charge in [0.25, 0.3) is 0 Å². The van der Waals surface area contributed by atoms with Crippen LogP contribution in [0.3, 0.4) is 0 Å². The zero-order valence-corrected chi connectivity index (χ0v) is 10.1. The molecule has 2 atom stereocenters. The van der Waals surface area contributed by atoms with Gasteiger partial charge in [-0.25, -0.2) is 0 Å². The molecule has 4 heteroatoms. The van der Waals surface area contributed by atoms with Crippen LogP contribution in [0, 0.1) is 11.8 Å². The number of hydrogen-bond acceptors (Lipinski definition) is 4. The highest BCUT2D eigenvalue weighted by Gasteiger charge is 2.27. The van der Waals surface area contributed by atoms with Crippen molar-refractivity contribution in [1.82, 2.24) is 15.5 Å². The summed E-state index contributed by atoms with van der Waals surface area (Å²) in [6.07, 6.45) is 6.73. The van der Waals surface area contributed by atoms with Crippen LogP contribution in [-0.2, 0) is 6.54 Å². The molecule has 16 heavy (non-hydrogen) atoms. The van der Waals surface area contributed by atoms with E-state index in [1.54, 1.807) is 0 Å². The normalized spacial score (nSPS) is 26.2. The molecule has 2 rings (SSSR count). The number of nitrogens with zero attached hydrogens (tertiary/aromatic N) is 2. The minimum absolute atomic E-state index is 0.618. The number of hydrogen-bond donors (Lipinski definition) is 1. The minimum atomic E-state index is 0.618. The van der Waals surface area contributed by atoms with E-state index in [0.29, 0.717) is 6.04 Å². The van der Waals surface area contributed by atoms with Crippen LogP contribution < -0.4 is 5.32 Å². The van der Waals surface area contributed by atoms with Crippen LogP contribution >= 0.6 is 0 Å². The summed E-state index contributed by atoms with van der Waals surface area (Å²) < 4.78 is 4.73. The third kappa shape index (κ3) is 2.82. The van der Waals surface area contributed by atoms with Gasteiger partial charge < -0.3 is 9.84 Å². The molecule has 4 nitrogen and oxygen atoms in total. The van der Waals surface area contributed by atoms with Crippen molar-refractivity contribution in [1.29, 1.82) is 0 Å². The van der Waals surface area contributed by atoms with Crippen LogP contribution in [0.25, 0.3) is 0 Å². The predicted molar refractivity (Wildman–Crippen MR) is 61.7 cm³/mol. The quantitative estimate of drug-likeness (QED) is 0.851. The average molecular weight is 223 g/mol. The largest absolute Gasteiger partial charge is 0.343 e. The molecule has 1 aromatic heterocycles. The van der Waals surface area contributed by atoms with Crippen molar-refractivity contribution in [2.24, 2.45) is 11.8 Å². The Morgan fingerprint density at radius 2 is 2.25 bits per heavy atom. The topological polar surface area (TPSA) is 51.0 Å². The molecule has 1 heterocycles. The van der Waals surface area contributed by atoms with E-state index in [1.807, 2.05) is 0 Å². The zero-order valence-electron chi connectivity index (χ0n) is 10.1. The molecule has 2 unspecified atom stereocenters. The van der Waals surface area contributed by atoms with E-state index in [2.05, 4.69) is 29.3 Å². The van der Waals surface area contributed by atoms with Gasteiger partial charge in [0.15, 0.2) is 5.82 Å². The molecule has 0 spiro atoms. The molecule has 0 bridgehead atoms. The van der Waals surface area contributed by atoms with Crippen molar-refractivity contribution in [3.05, 3.63) is 12.2 Å². The van der Waals surface area contributed by atoms with Gasteiger partial charge in [-0.3, -0.25) is 0 Å². The standard InChI is InChI=1S/C12H21N3O/c1-9(2)10-5-3-4-6-11(10)13-7-12-14-8-16-15-12/h8-11,13H,3-7H2,1-2H3. The summed E-state index contributed by atoms with van der Waals surface area (Å²) in [5.41, 5.74) is 0. The lowest BCUT2D eigenvalue weighted by molar-refractivity contribution is 0.203. The van der Waals surface area contributed by atoms with Crippen molar-refractivity contribution in [3.63, 3.8) is 0 Å². The summed E-state index contributed by atoms with van der Waals surface area (Å²) in [6.45, 7) is 5.36. The van der Waals surface area contributed by atoms with Crippen LogP contribution in [0.1, 0.15) is 45.4 Å². The molecule has 1 fully saturated rings. The Hall–Kier alpha value is -0.900. The monoisotopic (exact) mass is 223 g/mol. The fourth-order valence-corrected chi connectivity index (χ4v) is 2.70. The first-order valence-electron chi connectivity index (χ1n) is 6.26. The summed E-state index contributed by atoms with van der Waals surface area (Å²) >= 11 is 0. The predicted octanol–water partition coefficient (Wildman–Crippen LogP) is 2.37. The lowest BCUT2D eigenvalue weighted by Crippen LogP contribution is -2.40. The summed E-state index contributed by atoms with van der Waals surface area (Å²) in [5.74, 6) is 2.30. The maximum absolute atomic E-state index is 4.73. The zero-order chi connectivity index (χ0) is 11.4. The average Bonchev–Trinajstić information content (AvgIpc) is 2.79. The Bertz CT molecular complexity index is 297. The Morgan fingerprint density at radius 1 is 1.44 bits per heavy atom. The first kappa shape index (κ1) is 11.6. The summed E-state index contributed by atoms with van der Waals surface area (Å²) in [4.78, 5) is 4.03. The molecule has 1 aliphatic rings. The third-order valence-electron chi connectivity index (χ3n) is 3.61. The van der Waals surface area contributed by atoms with Crippen LogP contribution in [0.5, 0.6) is 0 Å². The van der Waals surface area contributed by atoms with Gasteiger partial charge in [0.05, 0.1) is 6.54 Å². The number of rotatable bonds is 4. The first-order valence-corrected chi connectivity index (χ1v) is 6.26. The molecule has 0 aliphatic heterocycles. The molecule has 1 N–H and O–H groups in total. The Morgan fingerprint density at radius 3 is 2.94 bits per heavy atom. The fourth-order valence-electron chi connectivity index (χ4n) is 2.70. The van der Waals surface area contributed by atoms with E-state index in [4.69, 9.17) is 4.52 Å². The molecule has 0 amide bonds. The lowest BCUT2D eigenvalue weighted by atomic mass is 9.78. The highest BCUT2D eigenvalue weighted by atomic mass is 16.5. The Labute approximate surface area is 96.8 Å². The highest BCUT2D eigenvalue weighted by Crippen LogP contribution is 2.30. The molecule has 90 valence electrons. The van der Waals surface area contributed by atoms with Crippen molar-refractivity contribution in [2.45, 2.75) is 52.1 Å². The number of nitrogens with one attached hydrogen (secondary N) is 1. The number of aromatic nitrogens is 2. The third-order valence-corrected chi connectivity index (χ3v) is 3.61. The van der Waals surface area contributed by atoms with Gasteiger partial charge in [-0.1, -0.05) is 31.8 Å². The minimum Gasteiger partial charge on any atom is -0.343 e. The molecule has 0 saturated heterocycles. The van der Waals surface area contributed by atoms with Crippen LogP contribution in [-0.4, -0.2) is 16.2 Å².